The smallest absolute Gasteiger partial charge is 0.314 e. The Morgan fingerprint density at radius 1 is 1.19 bits per heavy atom. The van der Waals surface area contributed by atoms with Gasteiger partial charge in [0.15, 0.2) is 5.96 Å². The summed E-state index contributed by atoms with van der Waals surface area (Å²) in [4.78, 5) is 17.7. The van der Waals surface area contributed by atoms with E-state index in [1.165, 1.54) is 0 Å². The summed E-state index contributed by atoms with van der Waals surface area (Å²) in [5.41, 5.74) is 6.52. The molecule has 7 heteroatoms. The van der Waals surface area contributed by atoms with E-state index in [0.717, 1.165) is 43.1 Å². The Labute approximate surface area is 159 Å². The maximum Gasteiger partial charge on any atom is 0.314 e. The first-order valence-corrected chi connectivity index (χ1v) is 9.36. The number of nitrogens with two attached hydrogens (primary N) is 1. The van der Waals surface area contributed by atoms with E-state index in [4.69, 9.17) is 15.1 Å². The quantitative estimate of drug-likeness (QED) is 0.537. The standard InChI is InChI=1S/C20H27N5O2/c21-19(26)25-12-9-17(10-13-25)24-20(22-11-8-18-7-4-14-27-18)23-15-16-5-2-1-3-6-16/h1-7,14,17H,8-13,15H2,(H2,21,26)(H2,22,23,24). The third-order valence-corrected chi connectivity index (χ3v) is 4.65. The number of hydrogen-bond acceptors (Lipinski definition) is 3. The molecule has 144 valence electrons. The van der Waals surface area contributed by atoms with E-state index >= 15 is 0 Å². The molecule has 2 heterocycles. The van der Waals surface area contributed by atoms with Crippen molar-refractivity contribution in [2.24, 2.45) is 10.7 Å². The molecule has 0 atom stereocenters. The van der Waals surface area contributed by atoms with Crippen molar-refractivity contribution in [3.63, 3.8) is 0 Å². The van der Waals surface area contributed by atoms with Crippen LogP contribution in [0.2, 0.25) is 0 Å². The molecule has 0 spiro atoms. The van der Waals surface area contributed by atoms with Crippen LogP contribution in [0.5, 0.6) is 0 Å². The van der Waals surface area contributed by atoms with E-state index in [1.54, 1.807) is 11.2 Å². The molecule has 0 bridgehead atoms. The minimum absolute atomic E-state index is 0.270. The number of furan rings is 1. The Morgan fingerprint density at radius 2 is 1.96 bits per heavy atom. The number of nitrogens with zero attached hydrogens (tertiary/aromatic N) is 2. The molecule has 1 fully saturated rings. The number of primary amides is 1. The van der Waals surface area contributed by atoms with Gasteiger partial charge in [0, 0.05) is 32.1 Å². The molecule has 0 aliphatic carbocycles. The Bertz CT molecular complexity index is 722. The lowest BCUT2D eigenvalue weighted by Gasteiger charge is -2.32. The number of amides is 2. The fraction of sp³-hybridized carbons (Fsp3) is 0.400. The van der Waals surface area contributed by atoms with Crippen LogP contribution in [0.1, 0.15) is 24.2 Å². The van der Waals surface area contributed by atoms with Gasteiger partial charge < -0.3 is 25.7 Å². The molecule has 1 aliphatic rings. The first kappa shape index (κ1) is 18.8. The van der Waals surface area contributed by atoms with Crippen LogP contribution in [0.25, 0.3) is 0 Å². The number of nitrogens with one attached hydrogen (secondary N) is 2. The molecule has 1 saturated heterocycles. The summed E-state index contributed by atoms with van der Waals surface area (Å²) in [6.45, 7) is 2.68. The Kier molecular flexibility index (Phi) is 6.73. The van der Waals surface area contributed by atoms with Gasteiger partial charge in [-0.1, -0.05) is 30.3 Å². The van der Waals surface area contributed by atoms with Gasteiger partial charge >= 0.3 is 6.03 Å². The number of piperidine rings is 1. The Morgan fingerprint density at radius 3 is 2.63 bits per heavy atom. The molecule has 4 N–H and O–H groups in total. The van der Waals surface area contributed by atoms with E-state index in [-0.39, 0.29) is 12.1 Å². The lowest BCUT2D eigenvalue weighted by Crippen LogP contribution is -2.51. The highest BCUT2D eigenvalue weighted by molar-refractivity contribution is 5.80. The summed E-state index contributed by atoms with van der Waals surface area (Å²) in [5.74, 6) is 1.72. The molecule has 3 rings (SSSR count). The lowest BCUT2D eigenvalue weighted by atomic mass is 10.1. The van der Waals surface area contributed by atoms with Crippen LogP contribution < -0.4 is 16.4 Å². The number of carbonyl (C=O) groups is 1. The maximum absolute atomic E-state index is 11.3. The third kappa shape index (κ3) is 6.06. The predicted molar refractivity (Wildman–Crippen MR) is 105 cm³/mol. The average molecular weight is 369 g/mol. The molecule has 27 heavy (non-hydrogen) atoms. The number of carbonyl (C=O) groups excluding carboxylic acids is 1. The summed E-state index contributed by atoms with van der Waals surface area (Å²) in [6, 6.07) is 13.9. The largest absolute Gasteiger partial charge is 0.469 e. The zero-order valence-electron chi connectivity index (χ0n) is 15.4. The van der Waals surface area contributed by atoms with Gasteiger partial charge in [0.05, 0.1) is 12.8 Å². The average Bonchev–Trinajstić information content (AvgIpc) is 3.21. The second-order valence-corrected chi connectivity index (χ2v) is 6.65. The highest BCUT2D eigenvalue weighted by Crippen LogP contribution is 2.10. The zero-order chi connectivity index (χ0) is 18.9. The van der Waals surface area contributed by atoms with Crippen molar-refractivity contribution in [1.29, 1.82) is 0 Å². The normalized spacial score (nSPS) is 15.6. The summed E-state index contributed by atoms with van der Waals surface area (Å²) >= 11 is 0. The minimum atomic E-state index is -0.344. The summed E-state index contributed by atoms with van der Waals surface area (Å²) in [5, 5.41) is 6.88. The summed E-state index contributed by atoms with van der Waals surface area (Å²) < 4.78 is 5.38. The molecule has 0 saturated carbocycles. The van der Waals surface area contributed by atoms with Crippen LogP contribution in [0.3, 0.4) is 0 Å². The van der Waals surface area contributed by atoms with Crippen molar-refractivity contribution in [1.82, 2.24) is 15.5 Å². The SMILES string of the molecule is NC(=O)N1CCC(NC(=NCc2ccccc2)NCCc2ccco2)CC1. The molecular formula is C20H27N5O2. The molecule has 1 aromatic heterocycles. The highest BCUT2D eigenvalue weighted by atomic mass is 16.3. The second kappa shape index (κ2) is 9.66. The van der Waals surface area contributed by atoms with Crippen LogP contribution in [-0.4, -0.2) is 42.6 Å². The van der Waals surface area contributed by atoms with E-state index in [9.17, 15) is 4.79 Å². The molecule has 1 aliphatic heterocycles. The Balaban J connectivity index is 1.55. The van der Waals surface area contributed by atoms with E-state index in [0.29, 0.717) is 19.6 Å². The van der Waals surface area contributed by atoms with Crippen molar-refractivity contribution in [3.8, 4) is 0 Å². The third-order valence-electron chi connectivity index (χ3n) is 4.65. The number of aliphatic imine (C=N–C) groups is 1. The van der Waals surface area contributed by atoms with Crippen molar-refractivity contribution in [2.45, 2.75) is 31.8 Å². The van der Waals surface area contributed by atoms with Crippen LogP contribution in [0, 0.1) is 0 Å². The fourth-order valence-electron chi connectivity index (χ4n) is 3.10. The van der Waals surface area contributed by atoms with Gasteiger partial charge in [-0.05, 0) is 30.5 Å². The van der Waals surface area contributed by atoms with Crippen LogP contribution in [-0.2, 0) is 13.0 Å². The number of likely N-dealkylation sites (tertiary alicyclic amines) is 1. The molecule has 7 nitrogen and oxygen atoms in total. The van der Waals surface area contributed by atoms with Crippen LogP contribution in [0.15, 0.2) is 58.1 Å². The first-order valence-electron chi connectivity index (χ1n) is 9.36. The summed E-state index contributed by atoms with van der Waals surface area (Å²) in [7, 11) is 0. The highest BCUT2D eigenvalue weighted by Gasteiger charge is 2.21. The van der Waals surface area contributed by atoms with Gasteiger partial charge in [0.2, 0.25) is 0 Å². The molecule has 2 aromatic rings. The number of urea groups is 1. The van der Waals surface area contributed by atoms with Crippen LogP contribution >= 0.6 is 0 Å². The number of hydrogen-bond donors (Lipinski definition) is 3. The monoisotopic (exact) mass is 369 g/mol. The lowest BCUT2D eigenvalue weighted by molar-refractivity contribution is 0.188. The van der Waals surface area contributed by atoms with Gasteiger partial charge in [-0.2, -0.15) is 0 Å². The van der Waals surface area contributed by atoms with Crippen molar-refractivity contribution in [3.05, 3.63) is 60.1 Å². The minimum Gasteiger partial charge on any atom is -0.469 e. The second-order valence-electron chi connectivity index (χ2n) is 6.65. The zero-order valence-corrected chi connectivity index (χ0v) is 15.4. The van der Waals surface area contributed by atoms with E-state index in [1.807, 2.05) is 30.3 Å². The van der Waals surface area contributed by atoms with E-state index in [2.05, 4.69) is 22.8 Å². The van der Waals surface area contributed by atoms with Crippen molar-refractivity contribution < 1.29 is 9.21 Å². The Hall–Kier alpha value is -2.96. The maximum atomic E-state index is 11.3. The van der Waals surface area contributed by atoms with Gasteiger partial charge in [-0.3, -0.25) is 0 Å². The van der Waals surface area contributed by atoms with Gasteiger partial charge in [0.1, 0.15) is 5.76 Å². The molecular weight excluding hydrogens is 342 g/mol. The topological polar surface area (TPSA) is 95.9 Å². The van der Waals surface area contributed by atoms with Crippen molar-refractivity contribution >= 4 is 12.0 Å². The van der Waals surface area contributed by atoms with Crippen LogP contribution in [0.4, 0.5) is 4.79 Å². The number of guanidine groups is 1. The number of rotatable bonds is 6. The van der Waals surface area contributed by atoms with E-state index < -0.39 is 0 Å². The molecule has 2 amide bonds. The van der Waals surface area contributed by atoms with Crippen molar-refractivity contribution in [2.75, 3.05) is 19.6 Å². The predicted octanol–water partition coefficient (Wildman–Crippen LogP) is 2.10. The summed E-state index contributed by atoms with van der Waals surface area (Å²) in [6.07, 6.45) is 4.18. The fourth-order valence-corrected chi connectivity index (χ4v) is 3.10. The van der Waals surface area contributed by atoms with Gasteiger partial charge in [-0.25, -0.2) is 9.79 Å². The number of benzene rings is 1. The molecule has 0 radical (unpaired) electrons. The van der Waals surface area contributed by atoms with Gasteiger partial charge in [-0.15, -0.1) is 0 Å². The molecule has 0 unspecified atom stereocenters. The van der Waals surface area contributed by atoms with Gasteiger partial charge in [0.25, 0.3) is 0 Å². The first-order chi connectivity index (χ1) is 13.2. The molecule has 1 aromatic carbocycles.